The van der Waals surface area contributed by atoms with Gasteiger partial charge in [-0.25, -0.2) is 4.52 Å². The van der Waals surface area contributed by atoms with Crippen molar-refractivity contribution in [2.24, 2.45) is 17.6 Å². The van der Waals surface area contributed by atoms with Gasteiger partial charge in [-0.1, -0.05) is 48.5 Å². The minimum absolute atomic E-state index is 0.0125. The standard InChI is InChI=1S/C26H25N5O2.C4H7NO/c1-30(17-16-18-6-3-2-4-7-18)25(33)21-14-10-19(11-15-21)22-8-5-9-23-27-26(29-31(22)23)28-24(32)20-12-13-20;5-4(6)3-1-2-3/h2-11,14-15,20H,12-13,16-17H2,1H3,(H,28,29,32);3H,1-2H2,(H2,5,6). The van der Waals surface area contributed by atoms with Gasteiger partial charge in [0.1, 0.15) is 0 Å². The molecule has 2 aliphatic carbocycles. The highest BCUT2D eigenvalue weighted by molar-refractivity contribution is 5.94. The Morgan fingerprint density at radius 3 is 2.23 bits per heavy atom. The Bertz CT molecular complexity index is 1470. The molecule has 3 amide bonds. The highest BCUT2D eigenvalue weighted by Crippen LogP contribution is 2.30. The monoisotopic (exact) mass is 524 g/mol. The van der Waals surface area contributed by atoms with Crippen LogP contribution in [-0.2, 0) is 16.0 Å². The van der Waals surface area contributed by atoms with Crippen LogP contribution in [0, 0.1) is 11.8 Å². The van der Waals surface area contributed by atoms with Crippen LogP contribution in [0.2, 0.25) is 0 Å². The lowest BCUT2D eigenvalue weighted by Gasteiger charge is -2.17. The number of nitrogens with two attached hydrogens (primary N) is 1. The summed E-state index contributed by atoms with van der Waals surface area (Å²) in [5.74, 6) is 0.478. The molecule has 0 aliphatic heterocycles. The maximum atomic E-state index is 12.9. The van der Waals surface area contributed by atoms with E-state index in [2.05, 4.69) is 27.5 Å². The zero-order valence-electron chi connectivity index (χ0n) is 21.9. The maximum Gasteiger partial charge on any atom is 0.253 e. The number of benzene rings is 2. The quantitative estimate of drug-likeness (QED) is 0.361. The molecule has 2 aromatic heterocycles. The summed E-state index contributed by atoms with van der Waals surface area (Å²) >= 11 is 0. The molecular weight excluding hydrogens is 492 g/mol. The largest absolute Gasteiger partial charge is 0.369 e. The van der Waals surface area contributed by atoms with Crippen LogP contribution in [0.25, 0.3) is 16.9 Å². The fraction of sp³-hybridized carbons (Fsp3) is 0.300. The molecule has 0 bridgehead atoms. The molecule has 4 aromatic rings. The van der Waals surface area contributed by atoms with Crippen LogP contribution in [0.4, 0.5) is 5.95 Å². The Balaban J connectivity index is 0.000000455. The molecule has 0 radical (unpaired) electrons. The first-order valence-corrected chi connectivity index (χ1v) is 13.2. The normalized spacial score (nSPS) is 14.3. The summed E-state index contributed by atoms with van der Waals surface area (Å²) in [5, 5.41) is 7.28. The SMILES string of the molecule is CN(CCc1ccccc1)C(=O)c1ccc(-c2cccc3nc(NC(=O)C4CC4)nn23)cc1.NC(=O)C1CC1. The molecule has 200 valence electrons. The van der Waals surface area contributed by atoms with Crippen molar-refractivity contribution in [1.29, 1.82) is 0 Å². The van der Waals surface area contributed by atoms with Crippen LogP contribution in [0.15, 0.2) is 72.8 Å². The second-order valence-corrected chi connectivity index (χ2v) is 10.1. The van der Waals surface area contributed by atoms with Crippen molar-refractivity contribution in [2.75, 3.05) is 18.9 Å². The number of anilines is 1. The third kappa shape index (κ3) is 6.67. The van der Waals surface area contributed by atoms with Crippen LogP contribution < -0.4 is 11.1 Å². The van der Waals surface area contributed by atoms with E-state index in [4.69, 9.17) is 5.73 Å². The second kappa shape index (κ2) is 11.5. The van der Waals surface area contributed by atoms with Crippen LogP contribution >= 0.6 is 0 Å². The maximum absolute atomic E-state index is 12.9. The van der Waals surface area contributed by atoms with Gasteiger partial charge in [-0.05, 0) is 61.9 Å². The minimum Gasteiger partial charge on any atom is -0.369 e. The molecule has 9 nitrogen and oxygen atoms in total. The molecule has 2 heterocycles. The average Bonchev–Trinajstić information content (AvgIpc) is 3.88. The van der Waals surface area contributed by atoms with E-state index >= 15 is 0 Å². The Labute approximate surface area is 227 Å². The van der Waals surface area contributed by atoms with E-state index in [0.717, 1.165) is 43.4 Å². The first-order chi connectivity index (χ1) is 18.9. The summed E-state index contributed by atoms with van der Waals surface area (Å²) < 4.78 is 1.71. The number of pyridine rings is 1. The number of rotatable bonds is 8. The van der Waals surface area contributed by atoms with Gasteiger partial charge in [0.05, 0.1) is 5.69 Å². The molecule has 0 spiro atoms. The van der Waals surface area contributed by atoms with E-state index in [9.17, 15) is 14.4 Å². The number of fused-ring (bicyclic) bond motifs is 1. The van der Waals surface area contributed by atoms with Crippen LogP contribution in [0.5, 0.6) is 0 Å². The number of nitrogens with one attached hydrogen (secondary N) is 1. The Morgan fingerprint density at radius 2 is 1.62 bits per heavy atom. The molecule has 2 aromatic carbocycles. The van der Waals surface area contributed by atoms with Gasteiger partial charge >= 0.3 is 0 Å². The van der Waals surface area contributed by atoms with Crippen LogP contribution in [0.1, 0.15) is 41.6 Å². The number of amides is 3. The third-order valence-electron chi connectivity index (χ3n) is 6.88. The lowest BCUT2D eigenvalue weighted by Crippen LogP contribution is -2.28. The van der Waals surface area contributed by atoms with Crippen molar-refractivity contribution in [2.45, 2.75) is 32.1 Å². The van der Waals surface area contributed by atoms with Gasteiger partial charge < -0.3 is 10.6 Å². The van der Waals surface area contributed by atoms with E-state index in [1.54, 1.807) is 9.42 Å². The highest BCUT2D eigenvalue weighted by atomic mass is 16.2. The highest BCUT2D eigenvalue weighted by Gasteiger charge is 2.30. The van der Waals surface area contributed by atoms with Gasteiger partial charge in [0.25, 0.3) is 5.91 Å². The van der Waals surface area contributed by atoms with Gasteiger partial charge in [-0.3, -0.25) is 19.7 Å². The Kier molecular flexibility index (Phi) is 7.67. The number of nitrogens with zero attached hydrogens (tertiary/aromatic N) is 4. The summed E-state index contributed by atoms with van der Waals surface area (Å²) in [6, 6.07) is 23.3. The molecule has 2 aliphatic rings. The van der Waals surface area contributed by atoms with E-state index in [-0.39, 0.29) is 29.6 Å². The number of hydrogen-bond acceptors (Lipinski definition) is 5. The Morgan fingerprint density at radius 1 is 0.923 bits per heavy atom. The fourth-order valence-corrected chi connectivity index (χ4v) is 4.15. The fourth-order valence-electron chi connectivity index (χ4n) is 4.15. The number of aromatic nitrogens is 3. The molecule has 2 saturated carbocycles. The molecule has 2 fully saturated rings. The molecule has 9 heteroatoms. The number of likely N-dealkylation sites (N-methyl/N-ethyl adjacent to an activating group) is 1. The molecule has 6 rings (SSSR count). The molecule has 0 atom stereocenters. The van der Waals surface area contributed by atoms with Gasteiger partial charge in [0.2, 0.25) is 17.8 Å². The first-order valence-electron chi connectivity index (χ1n) is 13.2. The van der Waals surface area contributed by atoms with Crippen LogP contribution in [-0.4, -0.2) is 50.8 Å². The number of hydrogen-bond donors (Lipinski definition) is 2. The van der Waals surface area contributed by atoms with Crippen molar-refractivity contribution in [3.63, 3.8) is 0 Å². The van der Waals surface area contributed by atoms with Crippen molar-refractivity contribution in [1.82, 2.24) is 19.5 Å². The lowest BCUT2D eigenvalue weighted by molar-refractivity contribution is -0.119. The van der Waals surface area contributed by atoms with Crippen molar-refractivity contribution in [3.8, 4) is 11.3 Å². The van der Waals surface area contributed by atoms with Gasteiger partial charge in [-0.15, -0.1) is 5.10 Å². The predicted molar refractivity (Wildman–Crippen MR) is 149 cm³/mol. The summed E-state index contributed by atoms with van der Waals surface area (Å²) in [6.45, 7) is 0.651. The van der Waals surface area contributed by atoms with Gasteiger partial charge in [0, 0.05) is 36.6 Å². The topological polar surface area (TPSA) is 123 Å². The molecule has 39 heavy (non-hydrogen) atoms. The van der Waals surface area contributed by atoms with Crippen molar-refractivity contribution < 1.29 is 14.4 Å². The summed E-state index contributed by atoms with van der Waals surface area (Å²) in [4.78, 5) is 41.1. The number of carbonyl (C=O) groups is 3. The molecule has 0 unspecified atom stereocenters. The summed E-state index contributed by atoms with van der Waals surface area (Å²) in [7, 11) is 1.83. The third-order valence-corrected chi connectivity index (χ3v) is 6.88. The van der Waals surface area contributed by atoms with Crippen LogP contribution in [0.3, 0.4) is 0 Å². The zero-order chi connectivity index (χ0) is 27.4. The van der Waals surface area contributed by atoms with E-state index in [1.807, 2.05) is 67.7 Å². The molecule has 3 N–H and O–H groups in total. The van der Waals surface area contributed by atoms with Crippen molar-refractivity contribution >= 4 is 29.3 Å². The van der Waals surface area contributed by atoms with E-state index < -0.39 is 0 Å². The smallest absolute Gasteiger partial charge is 0.253 e. The van der Waals surface area contributed by atoms with Gasteiger partial charge in [-0.2, -0.15) is 4.98 Å². The molecule has 0 saturated heterocycles. The first kappa shape index (κ1) is 26.1. The zero-order valence-corrected chi connectivity index (χ0v) is 21.9. The minimum atomic E-state index is -0.130. The Hall–Kier alpha value is -4.53. The number of carbonyl (C=O) groups excluding carboxylic acids is 3. The summed E-state index contributed by atoms with van der Waals surface area (Å²) in [5.41, 5.74) is 9.10. The lowest BCUT2D eigenvalue weighted by atomic mass is 10.1. The average molecular weight is 525 g/mol. The molecular formula is C30H32N6O3. The predicted octanol–water partition coefficient (Wildman–Crippen LogP) is 3.94. The summed E-state index contributed by atoms with van der Waals surface area (Å²) in [6.07, 6.45) is 4.72. The van der Waals surface area contributed by atoms with Gasteiger partial charge in [0.15, 0.2) is 5.65 Å². The van der Waals surface area contributed by atoms with E-state index in [1.165, 1.54) is 5.56 Å². The number of primary amides is 1. The van der Waals surface area contributed by atoms with E-state index in [0.29, 0.717) is 23.7 Å². The van der Waals surface area contributed by atoms with Crippen molar-refractivity contribution in [3.05, 3.63) is 83.9 Å². The second-order valence-electron chi connectivity index (χ2n) is 10.1.